The third-order valence-electron chi connectivity index (χ3n) is 6.88. The van der Waals surface area contributed by atoms with Crippen molar-refractivity contribution in [1.29, 1.82) is 0 Å². The van der Waals surface area contributed by atoms with Crippen molar-refractivity contribution in [2.45, 2.75) is 44.8 Å². The van der Waals surface area contributed by atoms with Gasteiger partial charge in [-0.2, -0.15) is 0 Å². The Balaban J connectivity index is 1.26. The van der Waals surface area contributed by atoms with Crippen molar-refractivity contribution < 1.29 is 23.9 Å². The summed E-state index contributed by atoms with van der Waals surface area (Å²) in [6, 6.07) is 14.7. The van der Waals surface area contributed by atoms with E-state index < -0.39 is 24.2 Å². The number of carbonyl (C=O) groups is 4. The molecule has 3 aromatic rings. The van der Waals surface area contributed by atoms with Gasteiger partial charge in [0, 0.05) is 11.4 Å². The van der Waals surface area contributed by atoms with Crippen molar-refractivity contribution in [1.82, 2.24) is 15.1 Å². The second-order valence-corrected chi connectivity index (χ2v) is 12.8. The highest BCUT2D eigenvalue weighted by Crippen LogP contribution is 2.34. The molecule has 2 aliphatic rings. The molecular formula is C28H28ClN3O5S2. The molecule has 4 heterocycles. The van der Waals surface area contributed by atoms with Crippen molar-refractivity contribution in [3.8, 4) is 15.5 Å². The Bertz CT molecular complexity index is 1390. The van der Waals surface area contributed by atoms with Gasteiger partial charge in [-0.3, -0.25) is 14.4 Å². The summed E-state index contributed by atoms with van der Waals surface area (Å²) in [4.78, 5) is 57.1. The van der Waals surface area contributed by atoms with E-state index in [1.165, 1.54) is 27.6 Å². The first kappa shape index (κ1) is 27.4. The van der Waals surface area contributed by atoms with E-state index in [-0.39, 0.29) is 30.1 Å². The first-order valence-electron chi connectivity index (χ1n) is 12.7. The lowest BCUT2D eigenvalue weighted by atomic mass is 10.0. The zero-order valence-electron chi connectivity index (χ0n) is 21.5. The van der Waals surface area contributed by atoms with Gasteiger partial charge in [-0.1, -0.05) is 67.1 Å². The summed E-state index contributed by atoms with van der Waals surface area (Å²) in [6.07, 6.45) is 0.144. The Hall–Kier alpha value is -3.21. The van der Waals surface area contributed by atoms with E-state index >= 15 is 0 Å². The van der Waals surface area contributed by atoms with Crippen LogP contribution in [0.1, 0.15) is 36.4 Å². The molecule has 3 amide bonds. The molecule has 39 heavy (non-hydrogen) atoms. The number of hydrogen-bond acceptors (Lipinski definition) is 7. The summed E-state index contributed by atoms with van der Waals surface area (Å²) in [6.45, 7) is 4.18. The fourth-order valence-corrected chi connectivity index (χ4v) is 7.06. The Kier molecular flexibility index (Phi) is 8.06. The molecule has 11 heteroatoms. The molecule has 1 N–H and O–H groups in total. The monoisotopic (exact) mass is 585 g/mol. The lowest BCUT2D eigenvalue weighted by Gasteiger charge is -2.28. The highest BCUT2D eigenvalue weighted by Gasteiger charge is 2.52. The number of ether oxygens (including phenoxy) is 1. The maximum Gasteiger partial charge on any atom is 0.414 e. The van der Waals surface area contributed by atoms with Gasteiger partial charge < -0.3 is 19.9 Å². The molecule has 204 valence electrons. The Morgan fingerprint density at radius 3 is 2.51 bits per heavy atom. The molecule has 0 aliphatic carbocycles. The molecule has 8 nitrogen and oxygen atoms in total. The van der Waals surface area contributed by atoms with Crippen LogP contribution in [0.15, 0.2) is 54.6 Å². The van der Waals surface area contributed by atoms with Crippen molar-refractivity contribution in [3.63, 3.8) is 0 Å². The average molecular weight is 586 g/mol. The Morgan fingerprint density at radius 2 is 1.82 bits per heavy atom. The smallest absolute Gasteiger partial charge is 0.399 e. The van der Waals surface area contributed by atoms with Crippen LogP contribution < -0.4 is 10.1 Å². The normalized spacial score (nSPS) is 19.3. The first-order valence-corrected chi connectivity index (χ1v) is 14.8. The maximum atomic E-state index is 13.7. The van der Waals surface area contributed by atoms with Gasteiger partial charge in [0.2, 0.25) is 5.91 Å². The van der Waals surface area contributed by atoms with Gasteiger partial charge in [-0.15, -0.1) is 11.3 Å². The molecule has 2 aromatic heterocycles. The van der Waals surface area contributed by atoms with Crippen LogP contribution in [0.5, 0.6) is 5.06 Å². The number of nitrogens with zero attached hydrogens (tertiary/aromatic N) is 2. The van der Waals surface area contributed by atoms with Crippen molar-refractivity contribution in [2.24, 2.45) is 5.92 Å². The van der Waals surface area contributed by atoms with E-state index in [1.54, 1.807) is 23.1 Å². The number of halogens is 1. The lowest BCUT2D eigenvalue weighted by molar-refractivity contribution is -0.138. The molecule has 3 unspecified atom stereocenters. The van der Waals surface area contributed by atoms with Gasteiger partial charge in [0.1, 0.15) is 12.1 Å². The third kappa shape index (κ3) is 5.88. The Labute approximate surface area is 239 Å². The number of ketones is 1. The highest BCUT2D eigenvalue weighted by molar-refractivity contribution is 7.18. The van der Waals surface area contributed by atoms with Crippen LogP contribution in [0.4, 0.5) is 4.79 Å². The van der Waals surface area contributed by atoms with E-state index in [9.17, 15) is 19.2 Å². The number of fused-ring (bicyclic) bond motifs is 1. The summed E-state index contributed by atoms with van der Waals surface area (Å²) < 4.78 is 6.01. The molecule has 0 saturated carbocycles. The van der Waals surface area contributed by atoms with E-state index in [0.29, 0.717) is 33.7 Å². The number of nitrogens with one attached hydrogen (secondary N) is 1. The molecule has 0 spiro atoms. The first-order chi connectivity index (χ1) is 18.7. The second-order valence-electron chi connectivity index (χ2n) is 10.0. The number of carbonyl (C=O) groups excluding carboxylic acids is 4. The van der Waals surface area contributed by atoms with Crippen LogP contribution in [0, 0.1) is 5.92 Å². The molecule has 2 aliphatic heterocycles. The minimum absolute atomic E-state index is 0.0556. The second kappa shape index (κ2) is 11.5. The highest BCUT2D eigenvalue weighted by atomic mass is 35.5. The maximum absolute atomic E-state index is 13.7. The fourth-order valence-electron chi connectivity index (χ4n) is 5.20. The van der Waals surface area contributed by atoms with Crippen LogP contribution >= 0.6 is 34.3 Å². The number of amides is 3. The standard InChI is InChI=1S/C28H28ClN3O5S2/c1-16(2)14-18(30-28(36)37-24-11-9-21(39-24)17-6-4-3-5-7-17)26(34)31-13-12-19-25(31)20(33)15-32(19)27(35)22-8-10-23(29)38-22/h3-11,16,18-19,25H,12-15H2,1-2H3,(H,30,36). The molecule has 3 atom stereocenters. The number of rotatable bonds is 7. The van der Waals surface area contributed by atoms with Gasteiger partial charge >= 0.3 is 6.09 Å². The van der Waals surface area contributed by atoms with Crippen LogP contribution in [-0.4, -0.2) is 64.7 Å². The van der Waals surface area contributed by atoms with Gasteiger partial charge in [-0.05, 0) is 48.6 Å². The molecule has 5 rings (SSSR count). The van der Waals surface area contributed by atoms with Crippen molar-refractivity contribution in [2.75, 3.05) is 13.1 Å². The average Bonchev–Trinajstić information content (AvgIpc) is 3.69. The number of thiophene rings is 2. The van der Waals surface area contributed by atoms with Crippen LogP contribution in [-0.2, 0) is 9.59 Å². The molecule has 0 bridgehead atoms. The summed E-state index contributed by atoms with van der Waals surface area (Å²) in [7, 11) is 0. The number of Topliss-reactive ketones (excluding diaryl/α,β-unsaturated/α-hetero) is 1. The molecule has 1 aromatic carbocycles. The third-order valence-corrected chi connectivity index (χ3v) is 9.11. The molecule has 0 radical (unpaired) electrons. The zero-order valence-corrected chi connectivity index (χ0v) is 23.9. The number of likely N-dealkylation sites (tertiary alicyclic amines) is 2. The predicted octanol–water partition coefficient (Wildman–Crippen LogP) is 5.33. The van der Waals surface area contributed by atoms with Crippen LogP contribution in [0.3, 0.4) is 0 Å². The molecule has 2 saturated heterocycles. The predicted molar refractivity (Wildman–Crippen MR) is 151 cm³/mol. The molecular weight excluding hydrogens is 558 g/mol. The van der Waals surface area contributed by atoms with Gasteiger partial charge in [0.25, 0.3) is 5.91 Å². The lowest BCUT2D eigenvalue weighted by Crippen LogP contribution is -2.53. The Morgan fingerprint density at radius 1 is 1.05 bits per heavy atom. The van der Waals surface area contributed by atoms with Crippen molar-refractivity contribution >= 4 is 58.0 Å². The SMILES string of the molecule is CC(C)CC(NC(=O)Oc1ccc(-c2ccccc2)s1)C(=O)N1CCC2C1C(=O)CN2C(=O)c1ccc(Cl)s1. The minimum atomic E-state index is -0.863. The minimum Gasteiger partial charge on any atom is -0.399 e. The summed E-state index contributed by atoms with van der Waals surface area (Å²) in [5, 5.41) is 3.14. The zero-order chi connectivity index (χ0) is 27.7. The van der Waals surface area contributed by atoms with E-state index in [2.05, 4.69) is 5.32 Å². The molecule has 2 fully saturated rings. The van der Waals surface area contributed by atoms with Gasteiger partial charge in [0.15, 0.2) is 10.8 Å². The summed E-state index contributed by atoms with van der Waals surface area (Å²) in [5.41, 5.74) is 1.02. The quantitative estimate of drug-likeness (QED) is 0.404. The van der Waals surface area contributed by atoms with E-state index in [4.69, 9.17) is 16.3 Å². The summed E-state index contributed by atoms with van der Waals surface area (Å²) >= 11 is 8.50. The van der Waals surface area contributed by atoms with Gasteiger partial charge in [0.05, 0.1) is 21.8 Å². The summed E-state index contributed by atoms with van der Waals surface area (Å²) in [5.74, 6) is -0.677. The fraction of sp³-hybridized carbons (Fsp3) is 0.357. The van der Waals surface area contributed by atoms with E-state index in [1.807, 2.05) is 50.2 Å². The van der Waals surface area contributed by atoms with Crippen LogP contribution in [0.2, 0.25) is 4.34 Å². The number of hydrogen-bond donors (Lipinski definition) is 1. The largest absolute Gasteiger partial charge is 0.414 e. The van der Waals surface area contributed by atoms with Crippen LogP contribution in [0.25, 0.3) is 10.4 Å². The van der Waals surface area contributed by atoms with E-state index in [0.717, 1.165) is 10.4 Å². The number of benzene rings is 1. The topological polar surface area (TPSA) is 96.0 Å². The van der Waals surface area contributed by atoms with Crippen molar-refractivity contribution in [3.05, 3.63) is 63.8 Å². The van der Waals surface area contributed by atoms with Gasteiger partial charge in [-0.25, -0.2) is 4.79 Å².